The first-order valence-electron chi connectivity index (χ1n) is 11.6. The second-order valence-corrected chi connectivity index (χ2v) is 12.7. The van der Waals surface area contributed by atoms with Gasteiger partial charge in [0.05, 0.1) is 37.1 Å². The number of methoxy groups -OCH3 is 3. The number of carbonyl (C=O) groups is 4. The van der Waals surface area contributed by atoms with Crippen LogP contribution < -0.4 is 14.9 Å². The lowest BCUT2D eigenvalue weighted by atomic mass is 10.1. The number of ether oxygens (including phenoxy) is 3. The predicted octanol–water partition coefficient (Wildman–Crippen LogP) is 1.70. The number of thiazole rings is 1. The minimum Gasteiger partial charge on any atom is -0.497 e. The predicted molar refractivity (Wildman–Crippen MR) is 144 cm³/mol. The Morgan fingerprint density at radius 2 is 1.82 bits per heavy atom. The number of thiophene rings is 1. The van der Waals surface area contributed by atoms with Gasteiger partial charge in [0.1, 0.15) is 28.8 Å². The quantitative estimate of drug-likeness (QED) is 0.363. The molecule has 0 saturated heterocycles. The summed E-state index contributed by atoms with van der Waals surface area (Å²) in [4.78, 5) is 54.5. The molecule has 0 aliphatic heterocycles. The number of aryl methyl sites for hydroxylation is 1. The molecule has 208 valence electrons. The fourth-order valence-corrected chi connectivity index (χ4v) is 7.55. The average molecular weight is 596 g/mol. The molecule has 39 heavy (non-hydrogen) atoms. The number of amides is 2. The Labute approximate surface area is 231 Å². The van der Waals surface area contributed by atoms with E-state index in [1.165, 1.54) is 37.2 Å². The molecule has 0 saturated carbocycles. The molecule has 12 nitrogen and oxygen atoms in total. The van der Waals surface area contributed by atoms with E-state index in [1.807, 2.05) is 0 Å². The normalized spacial score (nSPS) is 13.3. The van der Waals surface area contributed by atoms with Crippen molar-refractivity contribution >= 4 is 71.5 Å². The van der Waals surface area contributed by atoms with Crippen molar-refractivity contribution in [3.63, 3.8) is 0 Å². The molecule has 2 amide bonds. The SMILES string of the molecule is COC(=O)Cn1c(=NC(=O)CS(=O)(=O)CC(=O)Nc2sc3c(c2C(=O)OC)CCC3)sc2cc(OC)ccc21. The van der Waals surface area contributed by atoms with E-state index in [2.05, 4.69) is 10.3 Å². The number of hydrogen-bond acceptors (Lipinski definition) is 11. The van der Waals surface area contributed by atoms with E-state index < -0.39 is 45.1 Å². The number of aromatic nitrogens is 1. The Morgan fingerprint density at radius 1 is 1.05 bits per heavy atom. The van der Waals surface area contributed by atoms with Gasteiger partial charge in [-0.2, -0.15) is 4.99 Å². The maximum atomic E-state index is 12.7. The number of nitrogens with one attached hydrogen (secondary N) is 1. The Kier molecular flexibility index (Phi) is 8.51. The molecular weight excluding hydrogens is 570 g/mol. The molecule has 1 N–H and O–H groups in total. The summed E-state index contributed by atoms with van der Waals surface area (Å²) in [6.45, 7) is -0.253. The standard InChI is InChI=1S/C24H25N3O9S3/c1-34-13-7-8-15-17(9-13)38-24(27(15)10-20(30)35-2)26-19(29)12-39(32,33)11-18(28)25-22-21(23(31)36-3)14-5-4-6-16(14)37-22/h7-9H,4-6,10-12H2,1-3H3,(H,25,28). The zero-order chi connectivity index (χ0) is 28.3. The zero-order valence-electron chi connectivity index (χ0n) is 21.3. The number of esters is 2. The van der Waals surface area contributed by atoms with E-state index >= 15 is 0 Å². The fraction of sp³-hybridized carbons (Fsp3) is 0.375. The summed E-state index contributed by atoms with van der Waals surface area (Å²) >= 11 is 2.28. The third-order valence-electron chi connectivity index (χ3n) is 5.88. The molecule has 1 aliphatic carbocycles. The highest BCUT2D eigenvalue weighted by atomic mass is 32.2. The van der Waals surface area contributed by atoms with E-state index in [1.54, 1.807) is 18.2 Å². The van der Waals surface area contributed by atoms with Crippen LogP contribution in [-0.4, -0.2) is 69.6 Å². The number of benzene rings is 1. The lowest BCUT2D eigenvalue weighted by molar-refractivity contribution is -0.141. The number of carbonyl (C=O) groups excluding carboxylic acids is 4. The van der Waals surface area contributed by atoms with E-state index in [4.69, 9.17) is 14.2 Å². The highest BCUT2D eigenvalue weighted by molar-refractivity contribution is 7.92. The summed E-state index contributed by atoms with van der Waals surface area (Å²) in [5.41, 5.74) is 1.62. The van der Waals surface area contributed by atoms with Gasteiger partial charge < -0.3 is 24.1 Å². The summed E-state index contributed by atoms with van der Waals surface area (Å²) in [6, 6.07) is 5.05. The van der Waals surface area contributed by atoms with Gasteiger partial charge in [0.25, 0.3) is 5.91 Å². The number of anilines is 1. The van der Waals surface area contributed by atoms with Crippen LogP contribution in [0.1, 0.15) is 27.2 Å². The molecule has 1 aromatic carbocycles. The molecule has 4 rings (SSSR count). The number of rotatable bonds is 9. The van der Waals surface area contributed by atoms with Crippen LogP contribution in [0, 0.1) is 0 Å². The lowest BCUT2D eigenvalue weighted by Crippen LogP contribution is -2.29. The maximum Gasteiger partial charge on any atom is 0.341 e. The summed E-state index contributed by atoms with van der Waals surface area (Å²) in [5.74, 6) is -4.55. The lowest BCUT2D eigenvalue weighted by Gasteiger charge is -2.07. The minimum atomic E-state index is -4.22. The van der Waals surface area contributed by atoms with Crippen LogP contribution >= 0.6 is 22.7 Å². The van der Waals surface area contributed by atoms with Crippen LogP contribution in [0.5, 0.6) is 5.75 Å². The van der Waals surface area contributed by atoms with E-state index in [-0.39, 0.29) is 21.9 Å². The second kappa shape index (κ2) is 11.7. The Bertz CT molecular complexity index is 1650. The van der Waals surface area contributed by atoms with Gasteiger partial charge in [0, 0.05) is 4.88 Å². The summed E-state index contributed by atoms with van der Waals surface area (Å²) in [7, 11) is -0.273. The number of hydrogen-bond donors (Lipinski definition) is 1. The van der Waals surface area contributed by atoms with E-state index in [0.717, 1.165) is 34.6 Å². The monoisotopic (exact) mass is 595 g/mol. The van der Waals surface area contributed by atoms with Crippen molar-refractivity contribution in [2.45, 2.75) is 25.8 Å². The number of nitrogens with zero attached hydrogens (tertiary/aromatic N) is 2. The molecule has 0 atom stereocenters. The summed E-state index contributed by atoms with van der Waals surface area (Å²) in [6.07, 6.45) is 2.31. The van der Waals surface area contributed by atoms with Gasteiger partial charge in [-0.15, -0.1) is 11.3 Å². The fourth-order valence-electron chi connectivity index (χ4n) is 4.16. The van der Waals surface area contributed by atoms with Crippen LogP contribution in [-0.2, 0) is 53.1 Å². The first-order valence-corrected chi connectivity index (χ1v) is 15.1. The van der Waals surface area contributed by atoms with E-state index in [0.29, 0.717) is 22.4 Å². The summed E-state index contributed by atoms with van der Waals surface area (Å²) in [5, 5.41) is 2.72. The third kappa shape index (κ3) is 6.37. The number of fused-ring (bicyclic) bond motifs is 2. The molecular formula is C24H25N3O9S3. The van der Waals surface area contributed by atoms with Gasteiger partial charge in [0.15, 0.2) is 14.6 Å². The van der Waals surface area contributed by atoms with Crippen molar-refractivity contribution in [2.24, 2.45) is 4.99 Å². The van der Waals surface area contributed by atoms with Gasteiger partial charge in [-0.1, -0.05) is 11.3 Å². The topological polar surface area (TPSA) is 159 Å². The van der Waals surface area contributed by atoms with Gasteiger partial charge in [-0.3, -0.25) is 14.4 Å². The van der Waals surface area contributed by atoms with Gasteiger partial charge in [-0.05, 0) is 43.0 Å². The van der Waals surface area contributed by atoms with Crippen LogP contribution in [0.4, 0.5) is 5.00 Å². The van der Waals surface area contributed by atoms with Gasteiger partial charge >= 0.3 is 11.9 Å². The van der Waals surface area contributed by atoms with Crippen LogP contribution in [0.3, 0.4) is 0 Å². The highest BCUT2D eigenvalue weighted by Gasteiger charge is 2.29. The first-order chi connectivity index (χ1) is 18.5. The molecule has 15 heteroatoms. The maximum absolute atomic E-state index is 12.7. The van der Waals surface area contributed by atoms with Crippen LogP contribution in [0.25, 0.3) is 10.2 Å². The van der Waals surface area contributed by atoms with Crippen molar-refractivity contribution in [3.05, 3.63) is 39.0 Å². The largest absolute Gasteiger partial charge is 0.497 e. The molecule has 0 fully saturated rings. The van der Waals surface area contributed by atoms with Crippen LogP contribution in [0.2, 0.25) is 0 Å². The molecule has 0 bridgehead atoms. The number of sulfone groups is 1. The molecule has 0 radical (unpaired) electrons. The Morgan fingerprint density at radius 3 is 2.51 bits per heavy atom. The van der Waals surface area contributed by atoms with Crippen molar-refractivity contribution in [1.29, 1.82) is 0 Å². The first kappa shape index (κ1) is 28.4. The Balaban J connectivity index is 1.53. The molecule has 0 spiro atoms. The van der Waals surface area contributed by atoms with Crippen molar-refractivity contribution in [3.8, 4) is 5.75 Å². The van der Waals surface area contributed by atoms with Crippen molar-refractivity contribution in [1.82, 2.24) is 4.57 Å². The molecule has 0 unspecified atom stereocenters. The van der Waals surface area contributed by atoms with Crippen molar-refractivity contribution in [2.75, 3.05) is 38.2 Å². The zero-order valence-corrected chi connectivity index (χ0v) is 23.7. The summed E-state index contributed by atoms with van der Waals surface area (Å²) < 4.78 is 42.2. The smallest absolute Gasteiger partial charge is 0.341 e. The highest BCUT2D eigenvalue weighted by Crippen LogP contribution is 2.39. The molecule has 3 aromatic rings. The molecule has 1 aliphatic rings. The van der Waals surface area contributed by atoms with E-state index in [9.17, 15) is 27.6 Å². The van der Waals surface area contributed by atoms with Gasteiger partial charge in [-0.25, -0.2) is 13.2 Å². The van der Waals surface area contributed by atoms with Crippen molar-refractivity contribution < 1.29 is 41.8 Å². The molecule has 2 heterocycles. The van der Waals surface area contributed by atoms with Gasteiger partial charge in [0.2, 0.25) is 5.91 Å². The Hall–Kier alpha value is -3.56. The second-order valence-electron chi connectivity index (χ2n) is 8.52. The average Bonchev–Trinajstić information content (AvgIpc) is 3.55. The third-order valence-corrected chi connectivity index (χ3v) is 9.52. The minimum absolute atomic E-state index is 0.0872. The van der Waals surface area contributed by atoms with Crippen LogP contribution in [0.15, 0.2) is 23.2 Å². The molecule has 2 aromatic heterocycles.